The summed E-state index contributed by atoms with van der Waals surface area (Å²) in [4.78, 5) is 2.66. The summed E-state index contributed by atoms with van der Waals surface area (Å²) in [5, 5.41) is 3.45. The largest absolute Gasteiger partial charge is 0.315 e. The molecule has 1 fully saturated rings. The van der Waals surface area contributed by atoms with Crippen molar-refractivity contribution in [2.75, 3.05) is 26.7 Å². The topological polar surface area (TPSA) is 15.3 Å². The molecule has 1 aliphatic rings. The van der Waals surface area contributed by atoms with E-state index in [4.69, 9.17) is 0 Å². The van der Waals surface area contributed by atoms with Crippen LogP contribution in [0.15, 0.2) is 0 Å². The molecule has 0 aliphatic carbocycles. The highest BCUT2D eigenvalue weighted by molar-refractivity contribution is 4.76. The molecule has 0 amide bonds. The van der Waals surface area contributed by atoms with Crippen LogP contribution in [0.3, 0.4) is 0 Å². The van der Waals surface area contributed by atoms with E-state index in [-0.39, 0.29) is 0 Å². The minimum atomic E-state index is 0.651. The summed E-state index contributed by atoms with van der Waals surface area (Å²) in [5.74, 6) is 1.72. The van der Waals surface area contributed by atoms with Crippen LogP contribution in [0.1, 0.15) is 46.5 Å². The average Bonchev–Trinajstić information content (AvgIpc) is 2.50. The third-order valence-electron chi connectivity index (χ3n) is 4.15. The highest BCUT2D eigenvalue weighted by atomic mass is 15.1. The van der Waals surface area contributed by atoms with Gasteiger partial charge in [-0.3, -0.25) is 0 Å². The second-order valence-corrected chi connectivity index (χ2v) is 5.64. The van der Waals surface area contributed by atoms with Crippen molar-refractivity contribution in [3.05, 3.63) is 0 Å². The summed E-state index contributed by atoms with van der Waals surface area (Å²) in [7, 11) is 2.09. The van der Waals surface area contributed by atoms with Gasteiger partial charge in [-0.05, 0) is 51.2 Å². The van der Waals surface area contributed by atoms with Crippen molar-refractivity contribution >= 4 is 0 Å². The van der Waals surface area contributed by atoms with E-state index in [1.54, 1.807) is 0 Å². The van der Waals surface area contributed by atoms with Crippen LogP contribution in [0, 0.1) is 11.8 Å². The van der Waals surface area contributed by atoms with Crippen LogP contribution in [-0.4, -0.2) is 37.6 Å². The van der Waals surface area contributed by atoms with Crippen molar-refractivity contribution in [2.45, 2.75) is 52.5 Å². The lowest BCUT2D eigenvalue weighted by molar-refractivity contribution is 0.227. The molecule has 0 radical (unpaired) electrons. The Kier molecular flexibility index (Phi) is 6.37. The van der Waals surface area contributed by atoms with Crippen LogP contribution in [-0.2, 0) is 0 Å². The highest BCUT2D eigenvalue weighted by Crippen LogP contribution is 2.20. The van der Waals surface area contributed by atoms with Gasteiger partial charge in [-0.2, -0.15) is 0 Å². The van der Waals surface area contributed by atoms with Crippen molar-refractivity contribution in [1.82, 2.24) is 10.2 Å². The first-order valence-corrected chi connectivity index (χ1v) is 7.07. The van der Waals surface area contributed by atoms with Crippen LogP contribution in [0.25, 0.3) is 0 Å². The minimum absolute atomic E-state index is 0.651. The molecular formula is C14H30N2. The van der Waals surface area contributed by atoms with Crippen molar-refractivity contribution in [3.63, 3.8) is 0 Å². The molecule has 0 aromatic rings. The number of rotatable bonds is 5. The van der Waals surface area contributed by atoms with Gasteiger partial charge < -0.3 is 10.2 Å². The molecule has 1 aliphatic heterocycles. The van der Waals surface area contributed by atoms with E-state index in [2.05, 4.69) is 38.0 Å². The van der Waals surface area contributed by atoms with Gasteiger partial charge in [0.2, 0.25) is 0 Å². The Hall–Kier alpha value is -0.0800. The molecule has 2 unspecified atom stereocenters. The van der Waals surface area contributed by atoms with Gasteiger partial charge >= 0.3 is 0 Å². The van der Waals surface area contributed by atoms with E-state index in [1.807, 2.05) is 0 Å². The first kappa shape index (κ1) is 14.0. The van der Waals surface area contributed by atoms with Gasteiger partial charge in [-0.25, -0.2) is 0 Å². The molecule has 0 spiro atoms. The first-order valence-electron chi connectivity index (χ1n) is 7.07. The molecule has 0 aromatic carbocycles. The molecule has 16 heavy (non-hydrogen) atoms. The minimum Gasteiger partial charge on any atom is -0.315 e. The summed E-state index contributed by atoms with van der Waals surface area (Å²) in [5.41, 5.74) is 0. The normalized spacial score (nSPS) is 25.7. The fraction of sp³-hybridized carbons (Fsp3) is 1.00. The van der Waals surface area contributed by atoms with Crippen molar-refractivity contribution in [1.29, 1.82) is 0 Å². The molecule has 96 valence electrons. The van der Waals surface area contributed by atoms with E-state index < -0.39 is 0 Å². The molecule has 1 heterocycles. The molecule has 2 heteroatoms. The van der Waals surface area contributed by atoms with Crippen molar-refractivity contribution in [3.8, 4) is 0 Å². The summed E-state index contributed by atoms with van der Waals surface area (Å²) >= 11 is 0. The Balaban J connectivity index is 2.36. The van der Waals surface area contributed by atoms with Gasteiger partial charge in [0.15, 0.2) is 0 Å². The van der Waals surface area contributed by atoms with E-state index in [0.717, 1.165) is 11.8 Å². The number of likely N-dealkylation sites (N-methyl/N-ethyl adjacent to an activating group) is 1. The number of hydrogen-bond donors (Lipinski definition) is 1. The number of nitrogens with zero attached hydrogens (tertiary/aromatic N) is 1. The summed E-state index contributed by atoms with van der Waals surface area (Å²) in [6.07, 6.45) is 5.62. The highest BCUT2D eigenvalue weighted by Gasteiger charge is 2.19. The molecule has 2 nitrogen and oxygen atoms in total. The Labute approximate surface area is 102 Å². The molecule has 1 rings (SSSR count). The Morgan fingerprint density at radius 3 is 2.56 bits per heavy atom. The zero-order chi connectivity index (χ0) is 12.0. The lowest BCUT2D eigenvalue weighted by Gasteiger charge is -2.28. The van der Waals surface area contributed by atoms with Crippen molar-refractivity contribution in [2.24, 2.45) is 11.8 Å². The SMILES string of the molecule is CCC1CCCN(CC(NC)C(C)C)CC1. The maximum Gasteiger partial charge on any atom is 0.0214 e. The molecule has 1 saturated heterocycles. The van der Waals surface area contributed by atoms with Gasteiger partial charge in [-0.1, -0.05) is 27.2 Å². The predicted octanol–water partition coefficient (Wildman–Crippen LogP) is 2.74. The van der Waals surface area contributed by atoms with Gasteiger partial charge in [-0.15, -0.1) is 0 Å². The molecule has 2 atom stereocenters. The van der Waals surface area contributed by atoms with Crippen LogP contribution >= 0.6 is 0 Å². The predicted molar refractivity (Wildman–Crippen MR) is 71.8 cm³/mol. The van der Waals surface area contributed by atoms with Gasteiger partial charge in [0, 0.05) is 12.6 Å². The molecule has 0 aromatic heterocycles. The molecule has 0 saturated carbocycles. The van der Waals surface area contributed by atoms with E-state index in [0.29, 0.717) is 6.04 Å². The van der Waals surface area contributed by atoms with Crippen molar-refractivity contribution < 1.29 is 0 Å². The lowest BCUT2D eigenvalue weighted by atomic mass is 9.98. The van der Waals surface area contributed by atoms with E-state index >= 15 is 0 Å². The zero-order valence-electron chi connectivity index (χ0n) is 11.6. The second kappa shape index (κ2) is 7.29. The maximum atomic E-state index is 3.45. The lowest BCUT2D eigenvalue weighted by Crippen LogP contribution is -2.43. The smallest absolute Gasteiger partial charge is 0.0214 e. The standard InChI is InChI=1S/C14H30N2/c1-5-13-7-6-9-16(10-8-13)11-14(15-4)12(2)3/h12-15H,5-11H2,1-4H3. The molecule has 0 bridgehead atoms. The Bertz CT molecular complexity index is 180. The van der Waals surface area contributed by atoms with E-state index in [9.17, 15) is 0 Å². The van der Waals surface area contributed by atoms with Crippen LogP contribution in [0.2, 0.25) is 0 Å². The summed E-state index contributed by atoms with van der Waals surface area (Å²) < 4.78 is 0. The molecular weight excluding hydrogens is 196 g/mol. The van der Waals surface area contributed by atoms with Crippen LogP contribution in [0.4, 0.5) is 0 Å². The quantitative estimate of drug-likeness (QED) is 0.775. The fourth-order valence-corrected chi connectivity index (χ4v) is 2.73. The third-order valence-corrected chi connectivity index (χ3v) is 4.15. The Morgan fingerprint density at radius 1 is 1.25 bits per heavy atom. The van der Waals surface area contributed by atoms with Crippen LogP contribution in [0.5, 0.6) is 0 Å². The number of nitrogens with one attached hydrogen (secondary N) is 1. The Morgan fingerprint density at radius 2 is 2.00 bits per heavy atom. The maximum absolute atomic E-state index is 3.45. The number of hydrogen-bond acceptors (Lipinski definition) is 2. The summed E-state index contributed by atoms with van der Waals surface area (Å²) in [6, 6.07) is 0.651. The first-order chi connectivity index (χ1) is 7.67. The average molecular weight is 226 g/mol. The third kappa shape index (κ3) is 4.42. The second-order valence-electron chi connectivity index (χ2n) is 5.64. The van der Waals surface area contributed by atoms with Crippen LogP contribution < -0.4 is 5.32 Å². The fourth-order valence-electron chi connectivity index (χ4n) is 2.73. The zero-order valence-corrected chi connectivity index (χ0v) is 11.6. The van der Waals surface area contributed by atoms with Gasteiger partial charge in [0.1, 0.15) is 0 Å². The molecule has 1 N–H and O–H groups in total. The number of likely N-dealkylation sites (tertiary alicyclic amines) is 1. The van der Waals surface area contributed by atoms with E-state index in [1.165, 1.54) is 45.3 Å². The summed E-state index contributed by atoms with van der Waals surface area (Å²) in [6.45, 7) is 10.8. The van der Waals surface area contributed by atoms with Gasteiger partial charge in [0.05, 0.1) is 0 Å². The monoisotopic (exact) mass is 226 g/mol. The van der Waals surface area contributed by atoms with Gasteiger partial charge in [0.25, 0.3) is 0 Å².